The summed E-state index contributed by atoms with van der Waals surface area (Å²) in [6, 6.07) is 16.1. The first-order chi connectivity index (χ1) is 12.6. The molecule has 26 heavy (non-hydrogen) atoms. The molecule has 0 saturated heterocycles. The number of nitrogens with zero attached hydrogens (tertiary/aromatic N) is 2. The SMILES string of the molecule is O=c1c(Br)c(OCc2ccc(F)cc2)ncn1CCCc1ccccc1. The lowest BCUT2D eigenvalue weighted by atomic mass is 10.1. The van der Waals surface area contributed by atoms with E-state index in [4.69, 9.17) is 4.74 Å². The molecule has 1 heterocycles. The molecule has 134 valence electrons. The van der Waals surface area contributed by atoms with Crippen LogP contribution in [0.3, 0.4) is 0 Å². The minimum atomic E-state index is -0.300. The molecule has 2 aromatic carbocycles. The van der Waals surface area contributed by atoms with Gasteiger partial charge in [0, 0.05) is 6.54 Å². The van der Waals surface area contributed by atoms with Crippen LogP contribution in [0.15, 0.2) is 70.2 Å². The molecule has 0 unspecified atom stereocenters. The average molecular weight is 417 g/mol. The Labute approximate surface area is 159 Å². The van der Waals surface area contributed by atoms with Crippen molar-refractivity contribution in [2.45, 2.75) is 26.0 Å². The van der Waals surface area contributed by atoms with Gasteiger partial charge in [-0.3, -0.25) is 9.36 Å². The Morgan fingerprint density at radius 1 is 1.04 bits per heavy atom. The molecular weight excluding hydrogens is 399 g/mol. The molecule has 0 N–H and O–H groups in total. The van der Waals surface area contributed by atoms with Crippen molar-refractivity contribution >= 4 is 15.9 Å². The van der Waals surface area contributed by atoms with Gasteiger partial charge in [-0.15, -0.1) is 0 Å². The molecule has 1 aromatic heterocycles. The van der Waals surface area contributed by atoms with E-state index in [9.17, 15) is 9.18 Å². The quantitative estimate of drug-likeness (QED) is 0.574. The molecule has 0 fully saturated rings. The smallest absolute Gasteiger partial charge is 0.271 e. The van der Waals surface area contributed by atoms with Crippen LogP contribution in [0.1, 0.15) is 17.5 Å². The van der Waals surface area contributed by atoms with Gasteiger partial charge in [0.1, 0.15) is 23.2 Å². The number of hydrogen-bond donors (Lipinski definition) is 0. The second-order valence-electron chi connectivity index (χ2n) is 5.87. The molecule has 0 radical (unpaired) electrons. The Morgan fingerprint density at radius 3 is 2.50 bits per heavy atom. The van der Waals surface area contributed by atoms with Crippen molar-refractivity contribution in [2.75, 3.05) is 0 Å². The summed E-state index contributed by atoms with van der Waals surface area (Å²) in [5, 5.41) is 0. The van der Waals surface area contributed by atoms with Gasteiger partial charge in [0.2, 0.25) is 5.88 Å². The number of hydrogen-bond acceptors (Lipinski definition) is 3. The summed E-state index contributed by atoms with van der Waals surface area (Å²) in [5.74, 6) is -0.0650. The molecule has 3 rings (SSSR count). The van der Waals surface area contributed by atoms with Gasteiger partial charge in [0.05, 0.1) is 0 Å². The number of rotatable bonds is 7. The standard InChI is InChI=1S/C20H18BrFN2O2/c21-18-19(26-13-16-8-10-17(22)11-9-16)23-14-24(20(18)25)12-4-7-15-5-2-1-3-6-15/h1-3,5-6,8-11,14H,4,7,12-13H2. The summed E-state index contributed by atoms with van der Waals surface area (Å²) in [7, 11) is 0. The van der Waals surface area contributed by atoms with E-state index in [-0.39, 0.29) is 23.9 Å². The largest absolute Gasteiger partial charge is 0.472 e. The molecule has 0 amide bonds. The maximum absolute atomic E-state index is 12.9. The van der Waals surface area contributed by atoms with Crippen molar-refractivity contribution in [1.82, 2.24) is 9.55 Å². The van der Waals surface area contributed by atoms with Crippen molar-refractivity contribution in [3.05, 3.63) is 92.7 Å². The Bertz CT molecular complexity index is 911. The van der Waals surface area contributed by atoms with Crippen LogP contribution < -0.4 is 10.3 Å². The van der Waals surface area contributed by atoms with Crippen molar-refractivity contribution < 1.29 is 9.13 Å². The van der Waals surface area contributed by atoms with E-state index < -0.39 is 0 Å². The number of aromatic nitrogens is 2. The van der Waals surface area contributed by atoms with Gasteiger partial charge in [-0.2, -0.15) is 0 Å². The van der Waals surface area contributed by atoms with Gasteiger partial charge in [-0.05, 0) is 52.0 Å². The zero-order valence-corrected chi connectivity index (χ0v) is 15.7. The first-order valence-electron chi connectivity index (χ1n) is 8.29. The van der Waals surface area contributed by atoms with E-state index >= 15 is 0 Å². The molecule has 4 nitrogen and oxygen atoms in total. The normalized spacial score (nSPS) is 10.7. The van der Waals surface area contributed by atoms with Crippen LogP contribution in [0.2, 0.25) is 0 Å². The fraction of sp³-hybridized carbons (Fsp3) is 0.200. The second-order valence-corrected chi connectivity index (χ2v) is 6.66. The fourth-order valence-electron chi connectivity index (χ4n) is 2.54. The molecule has 3 aromatic rings. The highest BCUT2D eigenvalue weighted by molar-refractivity contribution is 9.10. The number of ether oxygens (including phenoxy) is 1. The van der Waals surface area contributed by atoms with Crippen molar-refractivity contribution in [2.24, 2.45) is 0 Å². The van der Waals surface area contributed by atoms with Crippen LogP contribution in [0.4, 0.5) is 4.39 Å². The van der Waals surface area contributed by atoms with E-state index in [1.54, 1.807) is 16.7 Å². The zero-order chi connectivity index (χ0) is 18.4. The average Bonchev–Trinajstić information content (AvgIpc) is 2.67. The van der Waals surface area contributed by atoms with Gasteiger partial charge < -0.3 is 4.74 Å². The van der Waals surface area contributed by atoms with Gasteiger partial charge in [0.25, 0.3) is 5.56 Å². The molecule has 0 aliphatic carbocycles. The molecule has 0 bridgehead atoms. The van der Waals surface area contributed by atoms with E-state index in [1.165, 1.54) is 24.0 Å². The minimum absolute atomic E-state index is 0.179. The third-order valence-electron chi connectivity index (χ3n) is 3.95. The predicted octanol–water partition coefficient (Wildman–Crippen LogP) is 4.36. The maximum atomic E-state index is 12.9. The summed E-state index contributed by atoms with van der Waals surface area (Å²) in [5.41, 5.74) is 1.86. The Morgan fingerprint density at radius 2 is 1.77 bits per heavy atom. The topological polar surface area (TPSA) is 44.1 Å². The first-order valence-corrected chi connectivity index (χ1v) is 9.09. The second kappa shape index (κ2) is 8.76. The van der Waals surface area contributed by atoms with Crippen molar-refractivity contribution in [1.29, 1.82) is 0 Å². The van der Waals surface area contributed by atoms with Crippen LogP contribution in [0.5, 0.6) is 5.88 Å². The van der Waals surface area contributed by atoms with Gasteiger partial charge in [-0.1, -0.05) is 42.5 Å². The Kier molecular flexibility index (Phi) is 6.17. The lowest BCUT2D eigenvalue weighted by molar-refractivity contribution is 0.289. The number of halogens is 2. The molecule has 0 saturated carbocycles. The first kappa shape index (κ1) is 18.3. The fourth-order valence-corrected chi connectivity index (χ4v) is 2.98. The molecular formula is C20H18BrFN2O2. The maximum Gasteiger partial charge on any atom is 0.271 e. The van der Waals surface area contributed by atoms with Crippen LogP contribution in [0, 0.1) is 5.82 Å². The third-order valence-corrected chi connectivity index (χ3v) is 4.63. The summed E-state index contributed by atoms with van der Waals surface area (Å²) >= 11 is 3.27. The van der Waals surface area contributed by atoms with Crippen LogP contribution in [0.25, 0.3) is 0 Å². The monoisotopic (exact) mass is 416 g/mol. The van der Waals surface area contributed by atoms with Crippen LogP contribution >= 0.6 is 15.9 Å². The highest BCUT2D eigenvalue weighted by Gasteiger charge is 2.10. The van der Waals surface area contributed by atoms with E-state index in [2.05, 4.69) is 33.0 Å². The van der Waals surface area contributed by atoms with E-state index in [1.807, 2.05) is 18.2 Å². The van der Waals surface area contributed by atoms with Crippen molar-refractivity contribution in [3.8, 4) is 5.88 Å². The van der Waals surface area contributed by atoms with Gasteiger partial charge in [-0.25, -0.2) is 9.37 Å². The van der Waals surface area contributed by atoms with Gasteiger partial charge in [0.15, 0.2) is 0 Å². The third kappa shape index (κ3) is 4.79. The Balaban J connectivity index is 1.60. The van der Waals surface area contributed by atoms with E-state index in [0.29, 0.717) is 11.0 Å². The van der Waals surface area contributed by atoms with E-state index in [0.717, 1.165) is 18.4 Å². The molecule has 0 spiro atoms. The predicted molar refractivity (Wildman–Crippen MR) is 102 cm³/mol. The van der Waals surface area contributed by atoms with Crippen molar-refractivity contribution in [3.63, 3.8) is 0 Å². The molecule has 6 heteroatoms. The lowest BCUT2D eigenvalue weighted by Gasteiger charge is -2.10. The minimum Gasteiger partial charge on any atom is -0.472 e. The number of aryl methyl sites for hydroxylation is 2. The Hall–Kier alpha value is -2.47. The summed E-state index contributed by atoms with van der Waals surface area (Å²) in [6.45, 7) is 0.793. The highest BCUT2D eigenvalue weighted by atomic mass is 79.9. The highest BCUT2D eigenvalue weighted by Crippen LogP contribution is 2.18. The molecule has 0 aliphatic heterocycles. The summed E-state index contributed by atoms with van der Waals surface area (Å²) in [4.78, 5) is 16.7. The summed E-state index contributed by atoms with van der Waals surface area (Å²) < 4.78 is 20.4. The van der Waals surface area contributed by atoms with Crippen LogP contribution in [-0.2, 0) is 19.6 Å². The lowest BCUT2D eigenvalue weighted by Crippen LogP contribution is -2.22. The van der Waals surface area contributed by atoms with Gasteiger partial charge >= 0.3 is 0 Å². The molecule has 0 atom stereocenters. The number of benzene rings is 2. The summed E-state index contributed by atoms with van der Waals surface area (Å²) in [6.07, 6.45) is 3.24. The van der Waals surface area contributed by atoms with Crippen LogP contribution in [-0.4, -0.2) is 9.55 Å². The zero-order valence-electron chi connectivity index (χ0n) is 14.1. The molecule has 0 aliphatic rings.